The van der Waals surface area contributed by atoms with Crippen LogP contribution < -0.4 is 15.4 Å². The molecule has 0 saturated heterocycles. The first-order chi connectivity index (χ1) is 19.8. The second kappa shape index (κ2) is 11.7. The fourth-order valence-corrected chi connectivity index (χ4v) is 4.57. The number of amides is 2. The number of allylic oxidation sites excluding steroid dienone is 4. The van der Waals surface area contributed by atoms with E-state index in [1.165, 1.54) is 58.4 Å². The quantitative estimate of drug-likeness (QED) is 0.295. The van der Waals surface area contributed by atoms with Crippen LogP contribution >= 0.6 is 0 Å². The van der Waals surface area contributed by atoms with Gasteiger partial charge in [0.1, 0.15) is 22.9 Å². The lowest BCUT2D eigenvalue weighted by Gasteiger charge is -2.19. The maximum atomic E-state index is 13.7. The van der Waals surface area contributed by atoms with E-state index in [4.69, 9.17) is 9.15 Å². The van der Waals surface area contributed by atoms with Crippen molar-refractivity contribution in [2.45, 2.75) is 51.2 Å². The molecular weight excluding hydrogens is 556 g/mol. The Labute approximate surface area is 239 Å². The SMILES string of the molecule is CNC(=O)c1c(C2=CC=C(F)CC2)oc2nc(CCC(F)(F)F)c(-c3ccc(OC)c(C(=O)NC(C)(C)C#N)c3)cc12. The van der Waals surface area contributed by atoms with Gasteiger partial charge in [-0.3, -0.25) is 9.59 Å². The Balaban J connectivity index is 1.96. The van der Waals surface area contributed by atoms with Crippen molar-refractivity contribution >= 4 is 28.5 Å². The third-order valence-corrected chi connectivity index (χ3v) is 6.71. The number of benzene rings is 1. The lowest BCUT2D eigenvalue weighted by Crippen LogP contribution is -2.42. The highest BCUT2D eigenvalue weighted by molar-refractivity contribution is 6.10. The molecule has 12 heteroatoms. The number of halogens is 4. The molecule has 1 aromatic carbocycles. The van der Waals surface area contributed by atoms with Gasteiger partial charge in [-0.05, 0) is 62.1 Å². The number of alkyl halides is 3. The Morgan fingerprint density at radius 1 is 1.14 bits per heavy atom. The molecule has 0 atom stereocenters. The lowest BCUT2D eigenvalue weighted by molar-refractivity contribution is -0.134. The predicted octanol–water partition coefficient (Wildman–Crippen LogP) is 6.42. The second-order valence-electron chi connectivity index (χ2n) is 10.2. The normalized spacial score (nSPS) is 13.7. The van der Waals surface area contributed by atoms with Gasteiger partial charge in [-0.25, -0.2) is 9.37 Å². The van der Waals surface area contributed by atoms with Gasteiger partial charge < -0.3 is 19.8 Å². The van der Waals surface area contributed by atoms with Crippen LogP contribution in [0.3, 0.4) is 0 Å². The highest BCUT2D eigenvalue weighted by Crippen LogP contribution is 2.39. The Morgan fingerprint density at radius 2 is 1.88 bits per heavy atom. The van der Waals surface area contributed by atoms with Gasteiger partial charge in [-0.2, -0.15) is 18.4 Å². The summed E-state index contributed by atoms with van der Waals surface area (Å²) in [7, 11) is 2.77. The minimum Gasteiger partial charge on any atom is -0.496 e. The van der Waals surface area contributed by atoms with Gasteiger partial charge in [0.15, 0.2) is 0 Å². The number of methoxy groups -OCH3 is 1. The van der Waals surface area contributed by atoms with E-state index in [9.17, 15) is 32.4 Å². The number of nitriles is 1. The molecule has 8 nitrogen and oxygen atoms in total. The minimum absolute atomic E-state index is 0.0287. The zero-order chi connectivity index (χ0) is 30.8. The van der Waals surface area contributed by atoms with Crippen LogP contribution in [0, 0.1) is 11.3 Å². The van der Waals surface area contributed by atoms with Crippen LogP contribution in [0.4, 0.5) is 17.6 Å². The van der Waals surface area contributed by atoms with E-state index in [0.29, 0.717) is 11.1 Å². The first kappa shape index (κ1) is 30.3. The number of hydrogen-bond acceptors (Lipinski definition) is 6. The van der Waals surface area contributed by atoms with E-state index in [0.717, 1.165) is 0 Å². The van der Waals surface area contributed by atoms with Crippen LogP contribution in [0.2, 0.25) is 0 Å². The summed E-state index contributed by atoms with van der Waals surface area (Å²) in [5.74, 6) is -1.16. The number of ether oxygens (including phenoxy) is 1. The molecule has 42 heavy (non-hydrogen) atoms. The van der Waals surface area contributed by atoms with Crippen LogP contribution in [-0.4, -0.2) is 42.7 Å². The molecular formula is C30H28F4N4O4. The van der Waals surface area contributed by atoms with Gasteiger partial charge >= 0.3 is 6.18 Å². The first-order valence-electron chi connectivity index (χ1n) is 13.0. The molecule has 1 aliphatic rings. The van der Waals surface area contributed by atoms with Gasteiger partial charge in [0.25, 0.3) is 11.8 Å². The van der Waals surface area contributed by atoms with E-state index in [1.807, 2.05) is 6.07 Å². The van der Waals surface area contributed by atoms with Crippen LogP contribution in [0.25, 0.3) is 27.8 Å². The summed E-state index contributed by atoms with van der Waals surface area (Å²) in [6.45, 7) is 3.02. The fourth-order valence-electron chi connectivity index (χ4n) is 4.57. The molecule has 2 aromatic heterocycles. The van der Waals surface area contributed by atoms with E-state index >= 15 is 0 Å². The number of aryl methyl sites for hydroxylation is 1. The van der Waals surface area contributed by atoms with Gasteiger partial charge in [-0.1, -0.05) is 12.1 Å². The lowest BCUT2D eigenvalue weighted by atomic mass is 9.95. The van der Waals surface area contributed by atoms with Crippen molar-refractivity contribution in [1.29, 1.82) is 5.26 Å². The zero-order valence-electron chi connectivity index (χ0n) is 23.3. The molecule has 0 radical (unpaired) electrons. The second-order valence-corrected chi connectivity index (χ2v) is 10.2. The number of carbonyl (C=O) groups is 2. The van der Waals surface area contributed by atoms with Gasteiger partial charge in [0.2, 0.25) is 5.71 Å². The van der Waals surface area contributed by atoms with Crippen molar-refractivity contribution < 1.29 is 36.3 Å². The Kier molecular flexibility index (Phi) is 8.43. The molecule has 0 bridgehead atoms. The Bertz CT molecular complexity index is 1660. The maximum Gasteiger partial charge on any atom is 0.389 e. The molecule has 4 rings (SSSR count). The van der Waals surface area contributed by atoms with E-state index < -0.39 is 36.4 Å². The van der Waals surface area contributed by atoms with Crippen LogP contribution in [0.5, 0.6) is 5.75 Å². The third-order valence-electron chi connectivity index (χ3n) is 6.71. The topological polar surface area (TPSA) is 117 Å². The van der Waals surface area contributed by atoms with Crippen molar-refractivity contribution in [3.05, 3.63) is 64.8 Å². The smallest absolute Gasteiger partial charge is 0.389 e. The number of nitrogens with one attached hydrogen (secondary N) is 2. The van der Waals surface area contributed by atoms with Gasteiger partial charge in [0.05, 0.1) is 35.4 Å². The van der Waals surface area contributed by atoms with Crippen LogP contribution in [0.15, 0.2) is 46.7 Å². The van der Waals surface area contributed by atoms with Crippen LogP contribution in [0.1, 0.15) is 65.3 Å². The average molecular weight is 585 g/mol. The fraction of sp³-hybridized carbons (Fsp3) is 0.333. The van der Waals surface area contributed by atoms with Crippen LogP contribution in [-0.2, 0) is 6.42 Å². The molecule has 0 saturated carbocycles. The van der Waals surface area contributed by atoms with Crippen molar-refractivity contribution in [1.82, 2.24) is 15.6 Å². The molecule has 220 valence electrons. The monoisotopic (exact) mass is 584 g/mol. The predicted molar refractivity (Wildman–Crippen MR) is 147 cm³/mol. The molecule has 0 fully saturated rings. The van der Waals surface area contributed by atoms with E-state index in [-0.39, 0.29) is 63.7 Å². The number of rotatable bonds is 8. The third kappa shape index (κ3) is 6.46. The van der Waals surface area contributed by atoms with E-state index in [2.05, 4.69) is 15.6 Å². The summed E-state index contributed by atoms with van der Waals surface area (Å²) >= 11 is 0. The average Bonchev–Trinajstić information content (AvgIpc) is 3.32. The van der Waals surface area contributed by atoms with Crippen molar-refractivity contribution in [2.75, 3.05) is 14.2 Å². The number of fused-ring (bicyclic) bond motifs is 1. The minimum atomic E-state index is -4.48. The number of hydrogen-bond donors (Lipinski definition) is 2. The number of carbonyl (C=O) groups excluding carboxylic acids is 2. The molecule has 0 spiro atoms. The molecule has 0 aliphatic heterocycles. The summed E-state index contributed by atoms with van der Waals surface area (Å²) in [6, 6.07) is 7.95. The number of furan rings is 1. The number of aromatic nitrogens is 1. The Hall–Kier alpha value is -4.66. The highest BCUT2D eigenvalue weighted by Gasteiger charge is 2.30. The standard InChI is InChI=1S/C30H28F4N4O4/c1-29(2,15-35)38-26(39)20-13-17(7-10-23(20)41-4)19-14-21-24(27(40)36-3)25(16-5-8-18(31)9-6-16)42-28(21)37-22(19)11-12-30(32,33)34/h5,7-8,10,13-14H,6,9,11-12H2,1-4H3,(H,36,40)(H,38,39). The zero-order valence-corrected chi connectivity index (χ0v) is 23.3. The summed E-state index contributed by atoms with van der Waals surface area (Å²) in [5, 5.41) is 14.7. The molecule has 1 aliphatic carbocycles. The molecule has 2 heterocycles. The first-order valence-corrected chi connectivity index (χ1v) is 13.0. The summed E-state index contributed by atoms with van der Waals surface area (Å²) < 4.78 is 64.8. The number of nitrogens with zero attached hydrogens (tertiary/aromatic N) is 2. The maximum absolute atomic E-state index is 13.7. The van der Waals surface area contributed by atoms with Crippen molar-refractivity contribution in [3.63, 3.8) is 0 Å². The molecule has 0 unspecified atom stereocenters. The van der Waals surface area contributed by atoms with Gasteiger partial charge in [-0.15, -0.1) is 0 Å². The summed E-state index contributed by atoms with van der Waals surface area (Å²) in [5.41, 5.74) is 0.0175. The molecule has 3 aromatic rings. The highest BCUT2D eigenvalue weighted by atomic mass is 19.4. The summed E-state index contributed by atoms with van der Waals surface area (Å²) in [4.78, 5) is 30.6. The van der Waals surface area contributed by atoms with Gasteiger partial charge in [0, 0.05) is 25.5 Å². The summed E-state index contributed by atoms with van der Waals surface area (Å²) in [6.07, 6.45) is -3.06. The van der Waals surface area contributed by atoms with E-state index in [1.54, 1.807) is 6.07 Å². The number of pyridine rings is 1. The largest absolute Gasteiger partial charge is 0.496 e. The Morgan fingerprint density at radius 3 is 2.48 bits per heavy atom. The van der Waals surface area contributed by atoms with Crippen molar-refractivity contribution in [3.8, 4) is 22.9 Å². The molecule has 2 N–H and O–H groups in total. The molecule has 2 amide bonds. The van der Waals surface area contributed by atoms with Crippen molar-refractivity contribution in [2.24, 2.45) is 0 Å².